The minimum atomic E-state index is -3.94. The number of anilines is 1. The van der Waals surface area contributed by atoms with E-state index in [1.165, 1.54) is 49.8 Å². The zero-order valence-corrected chi connectivity index (χ0v) is 25.8. The molecular formula is C36H32F2N4O3S. The molecule has 0 bridgehead atoms. The lowest BCUT2D eigenvalue weighted by Gasteiger charge is -2.22. The van der Waals surface area contributed by atoms with Gasteiger partial charge in [0.25, 0.3) is 5.91 Å². The van der Waals surface area contributed by atoms with E-state index in [0.717, 1.165) is 27.1 Å². The molecule has 1 amide bonds. The predicted octanol–water partition coefficient (Wildman–Crippen LogP) is 7.30. The summed E-state index contributed by atoms with van der Waals surface area (Å²) in [6.45, 7) is -0.299. The lowest BCUT2D eigenvalue weighted by molar-refractivity contribution is -0.117. The Bertz CT molecular complexity index is 2000. The number of rotatable bonds is 7. The minimum Gasteiger partial charge on any atom is -0.303 e. The van der Waals surface area contributed by atoms with Crippen LogP contribution >= 0.6 is 0 Å². The fraction of sp³-hybridized carbons (Fsp3) is 0.222. The molecule has 2 heterocycles. The molecule has 1 aliphatic carbocycles. The second-order valence-corrected chi connectivity index (χ2v) is 13.5. The molecule has 0 radical (unpaired) electrons. The van der Waals surface area contributed by atoms with E-state index in [-0.39, 0.29) is 12.1 Å². The quantitative estimate of drug-likeness (QED) is 0.203. The van der Waals surface area contributed by atoms with Crippen molar-refractivity contribution < 1.29 is 22.0 Å². The molecule has 0 atom stereocenters. The van der Waals surface area contributed by atoms with Crippen molar-refractivity contribution in [2.45, 2.75) is 44.4 Å². The molecule has 4 aromatic carbocycles. The molecule has 0 spiro atoms. The van der Waals surface area contributed by atoms with Gasteiger partial charge in [0.2, 0.25) is 0 Å². The van der Waals surface area contributed by atoms with Gasteiger partial charge in [-0.25, -0.2) is 22.8 Å². The molecule has 1 N–H and O–H groups in total. The lowest BCUT2D eigenvalue weighted by atomic mass is 9.83. The van der Waals surface area contributed by atoms with Crippen LogP contribution in [-0.2, 0) is 21.4 Å². The summed E-state index contributed by atoms with van der Waals surface area (Å²) >= 11 is 0. The second kappa shape index (κ2) is 12.2. The monoisotopic (exact) mass is 638 g/mol. The van der Waals surface area contributed by atoms with Crippen LogP contribution in [0.1, 0.15) is 55.0 Å². The number of hydrogen-bond donors (Lipinski definition) is 1. The van der Waals surface area contributed by atoms with Crippen molar-refractivity contribution in [1.82, 2.24) is 14.3 Å². The molecule has 7 rings (SSSR count). The number of amides is 1. The number of imidazole rings is 1. The fourth-order valence-electron chi connectivity index (χ4n) is 6.43. The molecule has 0 unspecified atom stereocenters. The summed E-state index contributed by atoms with van der Waals surface area (Å²) in [7, 11) is -3.94. The van der Waals surface area contributed by atoms with E-state index in [1.54, 1.807) is 30.5 Å². The van der Waals surface area contributed by atoms with Gasteiger partial charge < -0.3 is 4.57 Å². The van der Waals surface area contributed by atoms with E-state index >= 15 is 0 Å². The third-order valence-corrected chi connectivity index (χ3v) is 10.3. The Morgan fingerprint density at radius 3 is 2.09 bits per heavy atom. The highest BCUT2D eigenvalue weighted by molar-refractivity contribution is 7.92. The topological polar surface area (TPSA) is 84.3 Å². The molecule has 5 aromatic rings. The lowest BCUT2D eigenvalue weighted by Crippen LogP contribution is -2.29. The van der Waals surface area contributed by atoms with E-state index in [1.807, 2.05) is 21.4 Å². The van der Waals surface area contributed by atoms with Crippen LogP contribution in [0.3, 0.4) is 0 Å². The number of carbonyl (C=O) groups is 1. The van der Waals surface area contributed by atoms with Crippen molar-refractivity contribution in [2.75, 3.05) is 10.8 Å². The summed E-state index contributed by atoms with van der Waals surface area (Å²) in [5.41, 5.74) is 6.16. The molecule has 7 nitrogen and oxygen atoms in total. The Labute approximate surface area is 266 Å². The van der Waals surface area contributed by atoms with Gasteiger partial charge in [0.1, 0.15) is 24.0 Å². The van der Waals surface area contributed by atoms with Crippen molar-refractivity contribution in [1.29, 1.82) is 0 Å². The van der Waals surface area contributed by atoms with Crippen molar-refractivity contribution in [3.05, 3.63) is 126 Å². The Kier molecular flexibility index (Phi) is 7.90. The Hall–Kier alpha value is -4.83. The van der Waals surface area contributed by atoms with Gasteiger partial charge in [-0.1, -0.05) is 67.8 Å². The number of carbonyl (C=O) groups excluding carboxylic acids is 1. The SMILES string of the molecule is O=C1CN(c2ccc(-n3cc(-c4ccc(F)cc4F)nc3Cc3ccc(-c4ccc(C5CCCCC5)cc4)cc3)cc2)S(=O)(=O)N1. The Balaban J connectivity index is 1.17. The van der Waals surface area contributed by atoms with Crippen LogP contribution in [-0.4, -0.2) is 30.4 Å². The third kappa shape index (κ3) is 6.04. The summed E-state index contributed by atoms with van der Waals surface area (Å²) in [6, 6.07) is 27.2. The number of benzene rings is 4. The zero-order valence-electron chi connectivity index (χ0n) is 25.0. The number of hydrogen-bond acceptors (Lipinski definition) is 4. The van der Waals surface area contributed by atoms with Gasteiger partial charge in [0.05, 0.1) is 11.4 Å². The maximum atomic E-state index is 14.8. The standard InChI is InChI=1S/C36H32F2N4O3S/c37-29-14-19-32(33(38)21-29)34-22-41(30-15-17-31(18-16-30)42-23-36(43)40-46(42,44)45)35(39-34)20-24-6-8-26(9-7-24)28-12-10-27(11-13-28)25-4-2-1-3-5-25/h6-19,21-22,25H,1-5,20,23H2,(H,40,43). The second-order valence-electron chi connectivity index (χ2n) is 11.9. The average Bonchev–Trinajstić information content (AvgIpc) is 3.60. The van der Waals surface area contributed by atoms with E-state index in [4.69, 9.17) is 4.98 Å². The van der Waals surface area contributed by atoms with E-state index in [9.17, 15) is 22.0 Å². The normalized spacial score (nSPS) is 16.5. The summed E-state index contributed by atoms with van der Waals surface area (Å²) in [5.74, 6) is -0.726. The molecule has 1 saturated heterocycles. The highest BCUT2D eigenvalue weighted by Crippen LogP contribution is 2.34. The van der Waals surface area contributed by atoms with Crippen molar-refractivity contribution >= 4 is 21.8 Å². The molecule has 1 saturated carbocycles. The summed E-state index contributed by atoms with van der Waals surface area (Å²) in [6.07, 6.45) is 8.58. The van der Waals surface area contributed by atoms with Crippen LogP contribution in [0.5, 0.6) is 0 Å². The highest BCUT2D eigenvalue weighted by Gasteiger charge is 2.34. The Morgan fingerprint density at radius 1 is 0.804 bits per heavy atom. The average molecular weight is 639 g/mol. The van der Waals surface area contributed by atoms with Crippen LogP contribution < -0.4 is 9.03 Å². The molecule has 10 heteroatoms. The first-order valence-corrected chi connectivity index (χ1v) is 16.8. The van der Waals surface area contributed by atoms with Crippen LogP contribution in [0.15, 0.2) is 97.2 Å². The smallest absolute Gasteiger partial charge is 0.303 e. The van der Waals surface area contributed by atoms with Crippen LogP contribution in [0.25, 0.3) is 28.1 Å². The highest BCUT2D eigenvalue weighted by atomic mass is 32.2. The maximum absolute atomic E-state index is 14.8. The van der Waals surface area contributed by atoms with Crippen LogP contribution in [0.2, 0.25) is 0 Å². The van der Waals surface area contributed by atoms with Crippen molar-refractivity contribution in [2.24, 2.45) is 0 Å². The van der Waals surface area contributed by atoms with Gasteiger partial charge in [-0.05, 0) is 77.4 Å². The zero-order chi connectivity index (χ0) is 31.8. The largest absolute Gasteiger partial charge is 0.326 e. The number of halogens is 2. The van der Waals surface area contributed by atoms with E-state index in [2.05, 4.69) is 36.4 Å². The Morgan fingerprint density at radius 2 is 1.46 bits per heavy atom. The molecule has 1 aliphatic heterocycles. The number of aromatic nitrogens is 2. The first kappa shape index (κ1) is 29.9. The summed E-state index contributed by atoms with van der Waals surface area (Å²) < 4.78 is 57.9. The van der Waals surface area contributed by atoms with Crippen LogP contribution in [0, 0.1) is 11.6 Å². The van der Waals surface area contributed by atoms with Gasteiger partial charge in [-0.3, -0.25) is 4.79 Å². The number of nitrogens with one attached hydrogen (secondary N) is 1. The van der Waals surface area contributed by atoms with E-state index < -0.39 is 27.8 Å². The van der Waals surface area contributed by atoms with Gasteiger partial charge in [0, 0.05) is 29.9 Å². The van der Waals surface area contributed by atoms with Crippen LogP contribution in [0.4, 0.5) is 14.5 Å². The summed E-state index contributed by atoms with van der Waals surface area (Å²) in [5, 5.41) is 0. The molecule has 2 fully saturated rings. The van der Waals surface area contributed by atoms with Crippen molar-refractivity contribution in [3.8, 4) is 28.1 Å². The minimum absolute atomic E-state index is 0.165. The van der Waals surface area contributed by atoms with Gasteiger partial charge in [0.15, 0.2) is 0 Å². The maximum Gasteiger partial charge on any atom is 0.326 e. The summed E-state index contributed by atoms with van der Waals surface area (Å²) in [4.78, 5) is 16.5. The molecule has 46 heavy (non-hydrogen) atoms. The molecule has 234 valence electrons. The van der Waals surface area contributed by atoms with Gasteiger partial charge in [-0.15, -0.1) is 0 Å². The first-order chi connectivity index (χ1) is 22.2. The van der Waals surface area contributed by atoms with E-state index in [0.29, 0.717) is 35.2 Å². The molecule has 1 aromatic heterocycles. The number of nitrogens with zero attached hydrogens (tertiary/aromatic N) is 3. The van der Waals surface area contributed by atoms with Crippen molar-refractivity contribution in [3.63, 3.8) is 0 Å². The third-order valence-electron chi connectivity index (χ3n) is 8.86. The predicted molar refractivity (Wildman–Crippen MR) is 174 cm³/mol. The van der Waals surface area contributed by atoms with Gasteiger partial charge >= 0.3 is 10.2 Å². The first-order valence-electron chi connectivity index (χ1n) is 15.4. The van der Waals surface area contributed by atoms with Gasteiger partial charge in [-0.2, -0.15) is 8.42 Å². The fourth-order valence-corrected chi connectivity index (χ4v) is 7.58. The molecular weight excluding hydrogens is 606 g/mol. The molecule has 2 aliphatic rings.